The second-order valence-corrected chi connectivity index (χ2v) is 7.49. The van der Waals surface area contributed by atoms with Crippen molar-refractivity contribution in [2.45, 2.75) is 44.4 Å². The van der Waals surface area contributed by atoms with Crippen LogP contribution in [0.5, 0.6) is 0 Å². The van der Waals surface area contributed by atoms with Gasteiger partial charge in [0.05, 0.1) is 12.1 Å². The Labute approximate surface area is 161 Å². The smallest absolute Gasteiger partial charge is 0.328 e. The molecule has 1 aliphatic heterocycles. The van der Waals surface area contributed by atoms with Gasteiger partial charge in [-0.05, 0) is 38.8 Å². The number of nitrogens with zero attached hydrogens (tertiary/aromatic N) is 2. The molecule has 0 bridgehead atoms. The van der Waals surface area contributed by atoms with Crippen molar-refractivity contribution in [3.05, 3.63) is 33.1 Å². The van der Waals surface area contributed by atoms with Crippen molar-refractivity contribution >= 4 is 11.8 Å². The van der Waals surface area contributed by atoms with Gasteiger partial charge in [0.2, 0.25) is 11.8 Å². The molecule has 10 heteroatoms. The first-order valence-electron chi connectivity index (χ1n) is 9.69. The average molecular weight is 393 g/mol. The number of aliphatic hydroxyl groups excluding tert-OH is 1. The number of nitrogens with one attached hydrogen (secondary N) is 3. The topological polar surface area (TPSA) is 137 Å². The average Bonchev–Trinajstić information content (AvgIpc) is 3.28. The van der Waals surface area contributed by atoms with Crippen LogP contribution in [-0.2, 0) is 16.1 Å². The van der Waals surface area contributed by atoms with Crippen LogP contribution in [0.25, 0.3) is 0 Å². The van der Waals surface area contributed by atoms with Crippen LogP contribution in [-0.4, -0.2) is 69.7 Å². The predicted molar refractivity (Wildman–Crippen MR) is 101 cm³/mol. The highest BCUT2D eigenvalue weighted by Gasteiger charge is 2.37. The van der Waals surface area contributed by atoms with Crippen LogP contribution in [0.2, 0.25) is 0 Å². The maximum atomic E-state index is 12.3. The van der Waals surface area contributed by atoms with E-state index in [-0.39, 0.29) is 18.4 Å². The van der Waals surface area contributed by atoms with Gasteiger partial charge in [0, 0.05) is 31.3 Å². The van der Waals surface area contributed by atoms with Crippen molar-refractivity contribution in [2.24, 2.45) is 5.92 Å². The Balaban J connectivity index is 1.44. The zero-order valence-corrected chi connectivity index (χ0v) is 15.7. The molecule has 2 amide bonds. The summed E-state index contributed by atoms with van der Waals surface area (Å²) in [7, 11) is 0. The molecule has 2 aliphatic rings. The molecule has 0 aromatic carbocycles. The maximum Gasteiger partial charge on any atom is 0.328 e. The third-order valence-corrected chi connectivity index (χ3v) is 5.38. The molecule has 2 heterocycles. The highest BCUT2D eigenvalue weighted by Crippen LogP contribution is 2.26. The summed E-state index contributed by atoms with van der Waals surface area (Å²) in [4.78, 5) is 51.6. The second-order valence-electron chi connectivity index (χ2n) is 7.49. The molecule has 0 spiro atoms. The van der Waals surface area contributed by atoms with Crippen LogP contribution in [0.3, 0.4) is 0 Å². The lowest BCUT2D eigenvalue weighted by molar-refractivity contribution is -0.125. The van der Waals surface area contributed by atoms with Crippen molar-refractivity contribution in [2.75, 3.05) is 26.2 Å². The number of rotatable bonds is 7. The second kappa shape index (κ2) is 9.16. The molecular formula is C18H27N5O5. The summed E-state index contributed by atoms with van der Waals surface area (Å²) < 4.78 is 1.07. The van der Waals surface area contributed by atoms with Gasteiger partial charge in [-0.25, -0.2) is 4.79 Å². The van der Waals surface area contributed by atoms with Crippen molar-refractivity contribution in [3.8, 4) is 0 Å². The minimum absolute atomic E-state index is 0.105. The molecule has 1 saturated carbocycles. The lowest BCUT2D eigenvalue weighted by atomic mass is 10.1. The first kappa shape index (κ1) is 20.3. The first-order chi connectivity index (χ1) is 13.4. The summed E-state index contributed by atoms with van der Waals surface area (Å²) >= 11 is 0. The summed E-state index contributed by atoms with van der Waals surface area (Å²) in [5.41, 5.74) is -1.21. The number of carbonyl (C=O) groups is 2. The van der Waals surface area contributed by atoms with Gasteiger partial charge in [-0.3, -0.25) is 23.9 Å². The van der Waals surface area contributed by atoms with E-state index in [4.69, 9.17) is 0 Å². The molecule has 28 heavy (non-hydrogen) atoms. The molecule has 3 atom stereocenters. The lowest BCUT2D eigenvalue weighted by Gasteiger charge is -2.17. The Bertz CT molecular complexity index is 813. The maximum absolute atomic E-state index is 12.3. The third-order valence-electron chi connectivity index (χ3n) is 5.38. The van der Waals surface area contributed by atoms with E-state index >= 15 is 0 Å². The Hall–Kier alpha value is -2.46. The number of aliphatic hydroxyl groups is 1. The monoisotopic (exact) mass is 393 g/mol. The van der Waals surface area contributed by atoms with Gasteiger partial charge in [0.25, 0.3) is 5.56 Å². The van der Waals surface area contributed by atoms with E-state index in [1.165, 1.54) is 19.0 Å². The van der Waals surface area contributed by atoms with Crippen molar-refractivity contribution in [1.82, 2.24) is 25.1 Å². The van der Waals surface area contributed by atoms with Gasteiger partial charge in [-0.15, -0.1) is 0 Å². The Morgan fingerprint density at radius 2 is 1.96 bits per heavy atom. The highest BCUT2D eigenvalue weighted by molar-refractivity contribution is 5.80. The van der Waals surface area contributed by atoms with E-state index in [0.29, 0.717) is 19.4 Å². The van der Waals surface area contributed by atoms with E-state index in [9.17, 15) is 24.3 Å². The number of carbonyl (C=O) groups excluding carboxylic acids is 2. The zero-order chi connectivity index (χ0) is 20.1. The Morgan fingerprint density at radius 3 is 2.68 bits per heavy atom. The van der Waals surface area contributed by atoms with E-state index in [0.717, 1.165) is 30.3 Å². The van der Waals surface area contributed by atoms with Crippen LogP contribution in [0.4, 0.5) is 0 Å². The summed E-state index contributed by atoms with van der Waals surface area (Å²) in [5, 5.41) is 15.8. The van der Waals surface area contributed by atoms with Crippen LogP contribution in [0.15, 0.2) is 21.9 Å². The van der Waals surface area contributed by atoms with Crippen LogP contribution < -0.4 is 21.9 Å². The Kier molecular flexibility index (Phi) is 6.63. The molecular weight excluding hydrogens is 366 g/mol. The number of amides is 2. The van der Waals surface area contributed by atoms with Gasteiger partial charge in [0.1, 0.15) is 6.54 Å². The molecule has 3 rings (SSSR count). The molecule has 1 aromatic heterocycles. The molecule has 1 saturated heterocycles. The quantitative estimate of drug-likeness (QED) is 0.423. The van der Waals surface area contributed by atoms with Crippen molar-refractivity contribution < 1.29 is 14.7 Å². The van der Waals surface area contributed by atoms with Gasteiger partial charge in [-0.1, -0.05) is 0 Å². The summed E-state index contributed by atoms with van der Waals surface area (Å²) in [6, 6.07) is 0.613. The van der Waals surface area contributed by atoms with Crippen LogP contribution >= 0.6 is 0 Å². The minimum atomic E-state index is -0.814. The molecule has 2 fully saturated rings. The van der Waals surface area contributed by atoms with Crippen molar-refractivity contribution in [3.63, 3.8) is 0 Å². The number of H-pyrrole nitrogens is 1. The summed E-state index contributed by atoms with van der Waals surface area (Å²) in [6.07, 6.45) is 3.47. The largest absolute Gasteiger partial charge is 0.391 e. The SMILES string of the molecule is O=C(Cn1ccc(=O)[nH]c1=O)N[C@@H]1C[C@H](C(=O)NCCN2CCCC2)C[C@H]1O. The molecule has 1 aliphatic carbocycles. The molecule has 154 valence electrons. The zero-order valence-electron chi connectivity index (χ0n) is 15.7. The molecule has 0 radical (unpaired) electrons. The van der Waals surface area contributed by atoms with Crippen LogP contribution in [0, 0.1) is 5.92 Å². The summed E-state index contributed by atoms with van der Waals surface area (Å²) in [5.74, 6) is -0.921. The van der Waals surface area contributed by atoms with E-state index in [1.807, 2.05) is 0 Å². The lowest BCUT2D eigenvalue weighted by Crippen LogP contribution is -2.43. The fourth-order valence-corrected chi connectivity index (χ4v) is 3.85. The van der Waals surface area contributed by atoms with Crippen LogP contribution in [0.1, 0.15) is 25.7 Å². The van der Waals surface area contributed by atoms with Crippen molar-refractivity contribution in [1.29, 1.82) is 0 Å². The predicted octanol–water partition coefficient (Wildman–Crippen LogP) is -2.00. The first-order valence-corrected chi connectivity index (χ1v) is 9.69. The highest BCUT2D eigenvalue weighted by atomic mass is 16.3. The van der Waals surface area contributed by atoms with Gasteiger partial charge in [-0.2, -0.15) is 0 Å². The van der Waals surface area contributed by atoms with E-state index < -0.39 is 29.3 Å². The van der Waals surface area contributed by atoms with Gasteiger partial charge < -0.3 is 20.6 Å². The third kappa shape index (κ3) is 5.29. The standard InChI is InChI=1S/C18H27N5O5/c24-14-10-12(17(27)19-4-8-22-5-1-2-6-22)9-13(14)20-16(26)11-23-7-3-15(25)21-18(23)28/h3,7,12-14,24H,1-2,4-6,8-11H2,(H,19,27)(H,20,26)(H,21,25,28)/t12-,13+,14+/m0/s1. The minimum Gasteiger partial charge on any atom is -0.391 e. The summed E-state index contributed by atoms with van der Waals surface area (Å²) in [6.45, 7) is 3.28. The number of aromatic nitrogens is 2. The van der Waals surface area contributed by atoms with Gasteiger partial charge in [0.15, 0.2) is 0 Å². The number of hydrogen-bond donors (Lipinski definition) is 4. The van der Waals surface area contributed by atoms with E-state index in [2.05, 4.69) is 20.5 Å². The molecule has 4 N–H and O–H groups in total. The van der Waals surface area contributed by atoms with E-state index in [1.54, 1.807) is 0 Å². The fraction of sp³-hybridized carbons (Fsp3) is 0.667. The number of aromatic amines is 1. The number of likely N-dealkylation sites (tertiary alicyclic amines) is 1. The molecule has 10 nitrogen and oxygen atoms in total. The molecule has 0 unspecified atom stereocenters. The number of hydrogen-bond acceptors (Lipinski definition) is 6. The molecule has 1 aromatic rings. The Morgan fingerprint density at radius 1 is 1.21 bits per heavy atom. The normalized spacial score (nSPS) is 25.0. The van der Waals surface area contributed by atoms with Gasteiger partial charge >= 0.3 is 5.69 Å². The fourth-order valence-electron chi connectivity index (χ4n) is 3.85.